The second-order valence-electron chi connectivity index (χ2n) is 14.4. The van der Waals surface area contributed by atoms with Crippen LogP contribution < -0.4 is 5.32 Å². The molecule has 4 fully saturated rings. The fraction of sp³-hybridized carbons (Fsp3) is 0.600. The van der Waals surface area contributed by atoms with Gasteiger partial charge in [0.05, 0.1) is 18.1 Å². The monoisotopic (exact) mass is 623 g/mol. The Bertz CT molecular complexity index is 1490. The van der Waals surface area contributed by atoms with Crippen molar-refractivity contribution >= 4 is 23.4 Å². The van der Waals surface area contributed by atoms with Gasteiger partial charge in [-0.15, -0.1) is 0 Å². The van der Waals surface area contributed by atoms with Crippen LogP contribution in [0.5, 0.6) is 0 Å². The van der Waals surface area contributed by atoms with Crippen molar-refractivity contribution in [2.45, 2.75) is 89.6 Å². The molecule has 1 saturated heterocycles. The van der Waals surface area contributed by atoms with Crippen molar-refractivity contribution in [3.8, 4) is 0 Å². The average molecular weight is 624 g/mol. The second-order valence-corrected chi connectivity index (χ2v) is 14.4. The van der Waals surface area contributed by atoms with Crippen molar-refractivity contribution in [1.29, 1.82) is 0 Å². The molecule has 0 spiro atoms. The highest BCUT2D eigenvalue weighted by atomic mass is 19.1. The summed E-state index contributed by atoms with van der Waals surface area (Å²) in [5, 5.41) is 14.4. The molecule has 0 bridgehead atoms. The number of alkyl halides is 1. The van der Waals surface area contributed by atoms with Gasteiger partial charge in [0, 0.05) is 28.9 Å². The minimum atomic E-state index is -2.07. The Hall–Kier alpha value is -3.21. The second kappa shape index (κ2) is 10.7. The highest BCUT2D eigenvalue weighted by Crippen LogP contribution is 2.72. The number of esters is 1. The van der Waals surface area contributed by atoms with E-state index in [1.165, 1.54) is 12.2 Å². The van der Waals surface area contributed by atoms with Crippen LogP contribution >= 0.6 is 0 Å². The Morgan fingerprint density at radius 1 is 1.13 bits per heavy atom. The molecule has 9 atom stereocenters. The van der Waals surface area contributed by atoms with E-state index in [2.05, 4.69) is 5.32 Å². The number of nitrogens with one attached hydrogen (secondary N) is 1. The number of carbonyl (C=O) groups excluding carboxylic acids is 4. The molecule has 1 aliphatic heterocycles. The van der Waals surface area contributed by atoms with Gasteiger partial charge in [-0.1, -0.05) is 43.7 Å². The number of fused-ring (bicyclic) bond motifs is 7. The molecular formula is C35H42FNO8. The number of rotatable bonds is 7. The third-order valence-corrected chi connectivity index (χ3v) is 11.4. The smallest absolute Gasteiger partial charge is 0.310 e. The zero-order valence-electron chi connectivity index (χ0n) is 26.4. The van der Waals surface area contributed by atoms with E-state index in [1.807, 2.05) is 6.92 Å². The van der Waals surface area contributed by atoms with E-state index in [0.29, 0.717) is 30.4 Å². The molecule has 1 heterocycles. The maximum atomic E-state index is 17.6. The van der Waals surface area contributed by atoms with Crippen molar-refractivity contribution in [1.82, 2.24) is 5.32 Å². The Kier molecular flexibility index (Phi) is 7.53. The van der Waals surface area contributed by atoms with Crippen LogP contribution in [-0.4, -0.2) is 71.0 Å². The van der Waals surface area contributed by atoms with Gasteiger partial charge >= 0.3 is 5.97 Å². The van der Waals surface area contributed by atoms with Gasteiger partial charge in [-0.3, -0.25) is 19.2 Å². The summed E-state index contributed by atoms with van der Waals surface area (Å²) < 4.78 is 35.9. The molecule has 1 aromatic carbocycles. The first-order chi connectivity index (χ1) is 21.1. The van der Waals surface area contributed by atoms with Gasteiger partial charge < -0.3 is 24.6 Å². The maximum absolute atomic E-state index is 17.6. The summed E-state index contributed by atoms with van der Waals surface area (Å²) in [6, 6.07) is 8.61. The lowest BCUT2D eigenvalue weighted by Gasteiger charge is -2.62. The van der Waals surface area contributed by atoms with Gasteiger partial charge in [0.1, 0.15) is 0 Å². The number of allylic oxidation sites excluding steroid dienone is 4. The van der Waals surface area contributed by atoms with Crippen molar-refractivity contribution in [2.24, 2.45) is 28.6 Å². The number of amides is 1. The molecule has 2 N–H and O–H groups in total. The van der Waals surface area contributed by atoms with E-state index in [0.717, 1.165) is 0 Å². The van der Waals surface area contributed by atoms with E-state index in [4.69, 9.17) is 14.2 Å². The number of carbonyl (C=O) groups is 4. The summed E-state index contributed by atoms with van der Waals surface area (Å²) in [5.41, 5.74) is -4.71. The molecule has 6 rings (SSSR count). The molecule has 9 nitrogen and oxygen atoms in total. The molecule has 1 amide bonds. The van der Waals surface area contributed by atoms with Gasteiger partial charge in [-0.2, -0.15) is 0 Å². The largest absolute Gasteiger partial charge is 0.457 e. The summed E-state index contributed by atoms with van der Waals surface area (Å²) in [5.74, 6) is -4.56. The molecule has 0 aromatic heterocycles. The van der Waals surface area contributed by atoms with E-state index in [9.17, 15) is 24.3 Å². The lowest BCUT2D eigenvalue weighted by molar-refractivity contribution is -0.246. The van der Waals surface area contributed by atoms with Crippen molar-refractivity contribution < 1.29 is 42.9 Å². The number of Topliss-reactive ketones (excluding diaryl/α,β-unsaturated/α-hetero) is 1. The summed E-state index contributed by atoms with van der Waals surface area (Å²) in [6.45, 7) is 8.05. The Morgan fingerprint density at radius 2 is 1.84 bits per heavy atom. The Morgan fingerprint density at radius 3 is 2.56 bits per heavy atom. The SMILES string of the molecule is C[C@@H](CNC(=O)c1ccccc1)C(=O)OCC(=O)[C@@]12OC(C)(C)O[C@@H]1C[C@H]1[C@@H]3CCC4=CC(=O)C=C[C@]4(C)[C@@]3(F)[C@@H](O)C[C@@]12C. The van der Waals surface area contributed by atoms with E-state index in [1.54, 1.807) is 64.1 Å². The van der Waals surface area contributed by atoms with Crippen molar-refractivity contribution in [3.63, 3.8) is 0 Å². The zero-order chi connectivity index (χ0) is 32.6. The van der Waals surface area contributed by atoms with Gasteiger partial charge in [0.2, 0.25) is 5.78 Å². The molecule has 0 unspecified atom stereocenters. The minimum absolute atomic E-state index is 0.0165. The highest BCUT2D eigenvalue weighted by molar-refractivity contribution is 6.01. The Labute approximate surface area is 262 Å². The van der Waals surface area contributed by atoms with Crippen LogP contribution in [0.3, 0.4) is 0 Å². The molecule has 10 heteroatoms. The van der Waals surface area contributed by atoms with Crippen LogP contribution in [-0.2, 0) is 28.6 Å². The first-order valence-corrected chi connectivity index (χ1v) is 15.8. The summed E-state index contributed by atoms with van der Waals surface area (Å²) in [4.78, 5) is 51.8. The highest BCUT2D eigenvalue weighted by Gasteiger charge is 2.80. The van der Waals surface area contributed by atoms with Gasteiger partial charge in [0.25, 0.3) is 5.91 Å². The van der Waals surface area contributed by atoms with Crippen LogP contribution in [0.4, 0.5) is 4.39 Å². The lowest BCUT2D eigenvalue weighted by Crippen LogP contribution is -2.70. The zero-order valence-corrected chi connectivity index (χ0v) is 26.4. The normalized spacial score (nSPS) is 39.9. The topological polar surface area (TPSA) is 128 Å². The van der Waals surface area contributed by atoms with Crippen LogP contribution in [0.15, 0.2) is 54.1 Å². The van der Waals surface area contributed by atoms with E-state index in [-0.39, 0.29) is 30.6 Å². The summed E-state index contributed by atoms with van der Waals surface area (Å²) >= 11 is 0. The first-order valence-electron chi connectivity index (χ1n) is 15.8. The van der Waals surface area contributed by atoms with Gasteiger partial charge in [0.15, 0.2) is 29.4 Å². The maximum Gasteiger partial charge on any atom is 0.310 e. The molecule has 3 saturated carbocycles. The molecule has 5 aliphatic rings. The van der Waals surface area contributed by atoms with Crippen molar-refractivity contribution in [2.75, 3.05) is 13.2 Å². The first kappa shape index (κ1) is 31.8. The third-order valence-electron chi connectivity index (χ3n) is 11.4. The molecule has 242 valence electrons. The number of aliphatic hydroxyl groups excluding tert-OH is 1. The predicted octanol–water partition coefficient (Wildman–Crippen LogP) is 4.04. The number of benzene rings is 1. The average Bonchev–Trinajstić information content (AvgIpc) is 3.41. The fourth-order valence-electron chi connectivity index (χ4n) is 9.22. The predicted molar refractivity (Wildman–Crippen MR) is 160 cm³/mol. The van der Waals surface area contributed by atoms with Gasteiger partial charge in [-0.05, 0) is 76.7 Å². The number of hydrogen-bond acceptors (Lipinski definition) is 8. The number of hydrogen-bond donors (Lipinski definition) is 2. The molecule has 4 aliphatic carbocycles. The molecular weight excluding hydrogens is 581 g/mol. The van der Waals surface area contributed by atoms with Gasteiger partial charge in [-0.25, -0.2) is 4.39 Å². The number of ether oxygens (including phenoxy) is 3. The van der Waals surface area contributed by atoms with Crippen LogP contribution in [0.25, 0.3) is 0 Å². The summed E-state index contributed by atoms with van der Waals surface area (Å²) in [7, 11) is 0. The number of ketones is 2. The fourth-order valence-corrected chi connectivity index (χ4v) is 9.22. The quantitative estimate of drug-likeness (QED) is 0.436. The van der Waals surface area contributed by atoms with Crippen molar-refractivity contribution in [3.05, 3.63) is 59.7 Å². The molecule has 0 radical (unpaired) electrons. The lowest BCUT2D eigenvalue weighted by atomic mass is 9.44. The number of aliphatic hydroxyl groups is 1. The summed E-state index contributed by atoms with van der Waals surface area (Å²) in [6.07, 6.45) is 3.42. The van der Waals surface area contributed by atoms with E-state index >= 15 is 4.39 Å². The standard InChI is InChI=1S/C35H42FNO8/c1-20(18-37-29(41)21-9-7-6-8-10-21)30(42)43-19-27(40)35-28(44-31(2,3)45-35)16-25-24-12-11-22-15-23(38)13-14-32(22,4)34(24,36)26(39)17-33(25,35)5/h6-10,13-15,20,24-26,28,39H,11-12,16-19H2,1-5H3,(H,37,41)/t20-,24-,25-,26-,28+,32-,33-,34-,35+/m0/s1. The molecule has 45 heavy (non-hydrogen) atoms. The number of halogens is 1. The van der Waals surface area contributed by atoms with Crippen LogP contribution in [0.1, 0.15) is 70.7 Å². The van der Waals surface area contributed by atoms with E-state index < -0.39 is 70.3 Å². The van der Waals surface area contributed by atoms with Crippen LogP contribution in [0.2, 0.25) is 0 Å². The van der Waals surface area contributed by atoms with Crippen LogP contribution in [0, 0.1) is 28.6 Å². The third kappa shape index (κ3) is 4.58. The minimum Gasteiger partial charge on any atom is -0.457 e. The Balaban J connectivity index is 1.22. The molecule has 1 aromatic rings.